The zero-order valence-corrected chi connectivity index (χ0v) is 23.5. The molecule has 1 aliphatic heterocycles. The van der Waals surface area contributed by atoms with E-state index in [1.165, 1.54) is 10.6 Å². The van der Waals surface area contributed by atoms with Gasteiger partial charge in [-0.05, 0) is 57.4 Å². The highest BCUT2D eigenvalue weighted by Gasteiger charge is 2.51. The van der Waals surface area contributed by atoms with Gasteiger partial charge < -0.3 is 14.4 Å². The minimum atomic E-state index is -0.814. The van der Waals surface area contributed by atoms with Crippen LogP contribution in [0.3, 0.4) is 0 Å². The van der Waals surface area contributed by atoms with Crippen LogP contribution in [0.25, 0.3) is 10.9 Å². The average Bonchev–Trinajstić information content (AvgIpc) is 3.67. The average molecular weight is 556 g/mol. The van der Waals surface area contributed by atoms with Crippen LogP contribution in [-0.2, 0) is 20.7 Å². The molecule has 4 aromatic rings. The molecule has 0 saturated carbocycles. The van der Waals surface area contributed by atoms with Crippen LogP contribution in [0.1, 0.15) is 56.5 Å². The molecule has 0 bridgehead atoms. The molecule has 1 saturated heterocycles. The first kappa shape index (κ1) is 28.0. The highest BCUT2D eigenvalue weighted by molar-refractivity contribution is 5.92. The fourth-order valence-corrected chi connectivity index (χ4v) is 5.15. The minimum Gasteiger partial charge on any atom is -0.443 e. The number of epoxide rings is 1. The standard InChI is InChI=1S/C32H33N3O6/c1-21(22-12-6-5-7-13-22)33(30(36)29-28(40-29)25-15-9-11-17-27(25)35(38)39)19-18-23-20-34(31(37)41-32(2,3)4)26-16-10-8-14-24(23)26/h5-17,20-21,28-29H,18-19H2,1-4H3/t21-,28-,29+/m0/s1. The van der Waals surface area contributed by atoms with E-state index < -0.39 is 28.8 Å². The molecule has 41 heavy (non-hydrogen) atoms. The van der Waals surface area contributed by atoms with Crippen LogP contribution in [0.4, 0.5) is 10.5 Å². The maximum atomic E-state index is 13.9. The zero-order valence-electron chi connectivity index (χ0n) is 23.5. The summed E-state index contributed by atoms with van der Waals surface area (Å²) in [6.07, 6.45) is 0.290. The number of hydrogen-bond donors (Lipinski definition) is 0. The van der Waals surface area contributed by atoms with Gasteiger partial charge in [-0.2, -0.15) is 0 Å². The summed E-state index contributed by atoms with van der Waals surface area (Å²) in [6.45, 7) is 7.77. The summed E-state index contributed by atoms with van der Waals surface area (Å²) >= 11 is 0. The van der Waals surface area contributed by atoms with Crippen LogP contribution >= 0.6 is 0 Å². The van der Waals surface area contributed by atoms with Crippen molar-refractivity contribution in [2.75, 3.05) is 6.54 Å². The highest BCUT2D eigenvalue weighted by Crippen LogP contribution is 2.44. The molecular weight excluding hydrogens is 522 g/mol. The maximum absolute atomic E-state index is 13.9. The van der Waals surface area contributed by atoms with Gasteiger partial charge in [0.2, 0.25) is 0 Å². The highest BCUT2D eigenvalue weighted by atomic mass is 16.6. The Labute approximate surface area is 238 Å². The number of nitrogens with zero attached hydrogens (tertiary/aromatic N) is 3. The van der Waals surface area contributed by atoms with Crippen LogP contribution in [0.2, 0.25) is 0 Å². The predicted molar refractivity (Wildman–Crippen MR) is 155 cm³/mol. The Morgan fingerprint density at radius 3 is 2.39 bits per heavy atom. The van der Waals surface area contributed by atoms with Crippen molar-refractivity contribution >= 4 is 28.6 Å². The molecule has 5 rings (SSSR count). The molecule has 0 N–H and O–H groups in total. The fourth-order valence-electron chi connectivity index (χ4n) is 5.15. The SMILES string of the molecule is C[C@@H](c1ccccc1)N(CCc1cn(C(=O)OC(C)(C)C)c2ccccc12)C(=O)[C@@H]1O[C@H]1c1ccccc1[N+](=O)[O-]. The van der Waals surface area contributed by atoms with Gasteiger partial charge in [0.1, 0.15) is 11.7 Å². The molecule has 9 heteroatoms. The molecule has 1 fully saturated rings. The first-order valence-corrected chi connectivity index (χ1v) is 13.6. The van der Waals surface area contributed by atoms with E-state index in [1.807, 2.05) is 82.3 Å². The van der Waals surface area contributed by atoms with Crippen molar-refractivity contribution in [1.82, 2.24) is 9.47 Å². The second-order valence-corrected chi connectivity index (χ2v) is 11.2. The number of benzene rings is 3. The third-order valence-corrected chi connectivity index (χ3v) is 7.21. The number of para-hydroxylation sites is 2. The van der Waals surface area contributed by atoms with Gasteiger partial charge in [-0.1, -0.05) is 60.7 Å². The molecule has 212 valence electrons. The van der Waals surface area contributed by atoms with Crippen LogP contribution < -0.4 is 0 Å². The van der Waals surface area contributed by atoms with E-state index >= 15 is 0 Å². The first-order chi connectivity index (χ1) is 19.5. The predicted octanol–water partition coefficient (Wildman–Crippen LogP) is 6.61. The smallest absolute Gasteiger partial charge is 0.419 e. The molecule has 1 aliphatic rings. The van der Waals surface area contributed by atoms with Crippen LogP contribution in [-0.4, -0.2) is 44.6 Å². The van der Waals surface area contributed by atoms with E-state index in [1.54, 1.807) is 29.3 Å². The van der Waals surface area contributed by atoms with Crippen LogP contribution in [0.5, 0.6) is 0 Å². The van der Waals surface area contributed by atoms with Gasteiger partial charge in [-0.3, -0.25) is 19.5 Å². The monoisotopic (exact) mass is 555 g/mol. The van der Waals surface area contributed by atoms with E-state index in [0.29, 0.717) is 18.5 Å². The minimum absolute atomic E-state index is 0.0644. The van der Waals surface area contributed by atoms with Crippen molar-refractivity contribution in [3.8, 4) is 0 Å². The van der Waals surface area contributed by atoms with Gasteiger partial charge in [0.25, 0.3) is 11.6 Å². The summed E-state index contributed by atoms with van der Waals surface area (Å²) in [5, 5.41) is 12.5. The number of carbonyl (C=O) groups is 2. The topological polar surface area (TPSA) is 107 Å². The Bertz CT molecular complexity index is 1590. The number of ether oxygens (including phenoxy) is 2. The van der Waals surface area contributed by atoms with E-state index in [2.05, 4.69) is 0 Å². The Kier molecular flexibility index (Phi) is 7.64. The molecule has 9 nitrogen and oxygen atoms in total. The molecular formula is C32H33N3O6. The number of hydrogen-bond acceptors (Lipinski definition) is 6. The fraction of sp³-hybridized carbons (Fsp3) is 0.312. The number of fused-ring (bicyclic) bond motifs is 1. The Hall–Kier alpha value is -4.50. The lowest BCUT2D eigenvalue weighted by atomic mass is 10.0. The number of aromatic nitrogens is 1. The van der Waals surface area contributed by atoms with E-state index in [-0.39, 0.29) is 17.6 Å². The van der Waals surface area contributed by atoms with Crippen molar-refractivity contribution in [2.24, 2.45) is 0 Å². The van der Waals surface area contributed by atoms with Gasteiger partial charge >= 0.3 is 6.09 Å². The van der Waals surface area contributed by atoms with Crippen molar-refractivity contribution in [3.63, 3.8) is 0 Å². The van der Waals surface area contributed by atoms with Gasteiger partial charge in [-0.25, -0.2) is 4.79 Å². The third-order valence-electron chi connectivity index (χ3n) is 7.21. The Morgan fingerprint density at radius 2 is 1.68 bits per heavy atom. The third kappa shape index (κ3) is 6.00. The van der Waals surface area contributed by atoms with Crippen molar-refractivity contribution < 1.29 is 24.0 Å². The Balaban J connectivity index is 1.42. The summed E-state index contributed by atoms with van der Waals surface area (Å²) in [5.41, 5.74) is 2.27. The first-order valence-electron chi connectivity index (χ1n) is 13.6. The van der Waals surface area contributed by atoms with Crippen LogP contribution in [0.15, 0.2) is 85.1 Å². The summed E-state index contributed by atoms with van der Waals surface area (Å²) < 4.78 is 12.9. The maximum Gasteiger partial charge on any atom is 0.419 e. The Morgan fingerprint density at radius 1 is 1.02 bits per heavy atom. The second kappa shape index (κ2) is 11.2. The molecule has 0 aliphatic carbocycles. The number of nitro groups is 1. The lowest BCUT2D eigenvalue weighted by Gasteiger charge is -2.29. The van der Waals surface area contributed by atoms with Crippen molar-refractivity contribution in [1.29, 1.82) is 0 Å². The van der Waals surface area contributed by atoms with Gasteiger partial charge in [0.05, 0.1) is 22.0 Å². The summed E-state index contributed by atoms with van der Waals surface area (Å²) in [5.74, 6) is -0.236. The van der Waals surface area contributed by atoms with E-state index in [4.69, 9.17) is 9.47 Å². The van der Waals surface area contributed by atoms with E-state index in [9.17, 15) is 19.7 Å². The quantitative estimate of drug-likeness (QED) is 0.138. The van der Waals surface area contributed by atoms with Gasteiger partial charge in [0.15, 0.2) is 6.10 Å². The van der Waals surface area contributed by atoms with Gasteiger partial charge in [0, 0.05) is 24.2 Å². The number of carbonyl (C=O) groups excluding carboxylic acids is 2. The van der Waals surface area contributed by atoms with Crippen molar-refractivity contribution in [2.45, 2.75) is 58.0 Å². The summed E-state index contributed by atoms with van der Waals surface area (Å²) in [4.78, 5) is 39.7. The molecule has 0 radical (unpaired) electrons. The molecule has 3 aromatic carbocycles. The van der Waals surface area contributed by atoms with Crippen LogP contribution in [0, 0.1) is 10.1 Å². The summed E-state index contributed by atoms with van der Waals surface area (Å²) in [6, 6.07) is 23.4. The second-order valence-electron chi connectivity index (χ2n) is 11.2. The van der Waals surface area contributed by atoms with Gasteiger partial charge in [-0.15, -0.1) is 0 Å². The summed E-state index contributed by atoms with van der Waals surface area (Å²) in [7, 11) is 0. The molecule has 1 aromatic heterocycles. The van der Waals surface area contributed by atoms with E-state index in [0.717, 1.165) is 22.0 Å². The zero-order chi connectivity index (χ0) is 29.3. The lowest BCUT2D eigenvalue weighted by molar-refractivity contribution is -0.385. The van der Waals surface area contributed by atoms with Crippen molar-refractivity contribution in [3.05, 3.63) is 112 Å². The number of nitro benzene ring substituents is 1. The molecule has 0 spiro atoms. The largest absolute Gasteiger partial charge is 0.443 e. The lowest BCUT2D eigenvalue weighted by Crippen LogP contribution is -2.38. The molecule has 1 amide bonds. The molecule has 2 heterocycles. The normalized spacial score (nSPS) is 17.2. The number of amides is 1. The molecule has 0 unspecified atom stereocenters. The molecule has 3 atom stereocenters. The number of rotatable bonds is 8.